The first-order valence-electron chi connectivity index (χ1n) is 8.66. The third kappa shape index (κ3) is 3.05. The zero-order chi connectivity index (χ0) is 16.7. The van der Waals surface area contributed by atoms with Crippen LogP contribution < -0.4 is 10.2 Å². The largest absolute Gasteiger partial charge is 0.353 e. The molecule has 7 heteroatoms. The average Bonchev–Trinajstić information content (AvgIpc) is 3.15. The summed E-state index contributed by atoms with van der Waals surface area (Å²) in [5, 5.41) is 13.7. The summed E-state index contributed by atoms with van der Waals surface area (Å²) in [5.74, 6) is 0.283. The van der Waals surface area contributed by atoms with Crippen LogP contribution in [-0.4, -0.2) is 39.8 Å². The Balaban J connectivity index is 1.48. The second-order valence-electron chi connectivity index (χ2n) is 6.89. The second-order valence-corrected chi connectivity index (χ2v) is 7.82. The van der Waals surface area contributed by atoms with Gasteiger partial charge in [-0.1, -0.05) is 11.3 Å². The van der Waals surface area contributed by atoms with Crippen LogP contribution in [0.5, 0.6) is 0 Å². The van der Waals surface area contributed by atoms with Gasteiger partial charge in [-0.15, -0.1) is 10.2 Å². The highest BCUT2D eigenvalue weighted by atomic mass is 32.1. The monoisotopic (exact) mass is 345 g/mol. The fourth-order valence-corrected chi connectivity index (χ4v) is 4.31. The quantitative estimate of drug-likeness (QED) is 0.924. The summed E-state index contributed by atoms with van der Waals surface area (Å²) in [6.45, 7) is 5.85. The Bertz CT molecular complexity index is 728. The van der Waals surface area contributed by atoms with Gasteiger partial charge in [-0.25, -0.2) is 0 Å². The Morgan fingerprint density at radius 1 is 1.17 bits per heavy atom. The van der Waals surface area contributed by atoms with Crippen molar-refractivity contribution in [3.05, 3.63) is 23.5 Å². The van der Waals surface area contributed by atoms with Gasteiger partial charge in [-0.2, -0.15) is 0 Å². The molecule has 2 aliphatic rings. The predicted molar refractivity (Wildman–Crippen MR) is 94.8 cm³/mol. The maximum Gasteiger partial charge on any atom is 0.225 e. The maximum absolute atomic E-state index is 12.3. The molecule has 4 rings (SSSR count). The molecule has 1 aliphatic carbocycles. The van der Waals surface area contributed by atoms with Gasteiger partial charge >= 0.3 is 0 Å². The SMILES string of the molecule is Cc1ccc(C)n1-c1nnc(N2CCC[C@H](C(=O)NC3CC3)C2)s1. The minimum Gasteiger partial charge on any atom is -0.353 e. The number of hydrogen-bond donors (Lipinski definition) is 1. The molecule has 1 amide bonds. The van der Waals surface area contributed by atoms with E-state index in [-0.39, 0.29) is 11.8 Å². The summed E-state index contributed by atoms with van der Waals surface area (Å²) in [6.07, 6.45) is 4.27. The smallest absolute Gasteiger partial charge is 0.225 e. The number of carbonyl (C=O) groups is 1. The molecule has 0 aromatic carbocycles. The number of nitrogens with one attached hydrogen (secondary N) is 1. The molecule has 1 atom stereocenters. The molecule has 1 saturated carbocycles. The van der Waals surface area contributed by atoms with Gasteiger partial charge in [-0.05, 0) is 51.7 Å². The number of carbonyl (C=O) groups excluding carboxylic acids is 1. The topological polar surface area (TPSA) is 63.1 Å². The van der Waals surface area contributed by atoms with Crippen molar-refractivity contribution >= 4 is 22.4 Å². The molecule has 0 bridgehead atoms. The number of nitrogens with zero attached hydrogens (tertiary/aromatic N) is 4. The van der Waals surface area contributed by atoms with Gasteiger partial charge in [-0.3, -0.25) is 9.36 Å². The lowest BCUT2D eigenvalue weighted by molar-refractivity contribution is -0.125. The summed E-state index contributed by atoms with van der Waals surface area (Å²) in [4.78, 5) is 14.6. The van der Waals surface area contributed by atoms with E-state index >= 15 is 0 Å². The highest BCUT2D eigenvalue weighted by molar-refractivity contribution is 7.17. The predicted octanol–water partition coefficient (Wildman–Crippen LogP) is 2.44. The minimum absolute atomic E-state index is 0.0711. The van der Waals surface area contributed by atoms with Crippen LogP contribution in [0.1, 0.15) is 37.1 Å². The van der Waals surface area contributed by atoms with E-state index < -0.39 is 0 Å². The second kappa shape index (κ2) is 6.20. The number of aryl methyl sites for hydroxylation is 2. The summed E-state index contributed by atoms with van der Waals surface area (Å²) in [7, 11) is 0. The normalized spacial score (nSPS) is 21.1. The molecule has 2 aromatic heterocycles. The summed E-state index contributed by atoms with van der Waals surface area (Å²) >= 11 is 1.60. The van der Waals surface area contributed by atoms with Gasteiger partial charge in [0.2, 0.25) is 16.2 Å². The van der Waals surface area contributed by atoms with Crippen LogP contribution in [0.4, 0.5) is 5.13 Å². The average molecular weight is 345 g/mol. The molecule has 2 aromatic rings. The molecule has 1 saturated heterocycles. The lowest BCUT2D eigenvalue weighted by Crippen LogP contribution is -2.43. The molecule has 24 heavy (non-hydrogen) atoms. The van der Waals surface area contributed by atoms with Gasteiger partial charge in [0.1, 0.15) is 0 Å². The first-order valence-corrected chi connectivity index (χ1v) is 9.47. The third-order valence-corrected chi connectivity index (χ3v) is 5.82. The van der Waals surface area contributed by atoms with E-state index in [4.69, 9.17) is 0 Å². The maximum atomic E-state index is 12.3. The van der Waals surface area contributed by atoms with Crippen molar-refractivity contribution in [3.8, 4) is 5.13 Å². The van der Waals surface area contributed by atoms with E-state index in [1.165, 1.54) is 0 Å². The summed E-state index contributed by atoms with van der Waals surface area (Å²) < 4.78 is 2.13. The molecule has 3 heterocycles. The number of aromatic nitrogens is 3. The zero-order valence-electron chi connectivity index (χ0n) is 14.2. The van der Waals surface area contributed by atoms with E-state index in [1.807, 2.05) is 0 Å². The Labute approximate surface area is 145 Å². The lowest BCUT2D eigenvalue weighted by Gasteiger charge is -2.31. The van der Waals surface area contributed by atoms with Crippen molar-refractivity contribution in [3.63, 3.8) is 0 Å². The molecule has 6 nitrogen and oxygen atoms in total. The molecule has 0 unspecified atom stereocenters. The number of piperidine rings is 1. The Morgan fingerprint density at radius 3 is 2.58 bits per heavy atom. The molecule has 1 N–H and O–H groups in total. The molecule has 2 fully saturated rings. The van der Waals surface area contributed by atoms with Gasteiger partial charge in [0.05, 0.1) is 5.92 Å². The number of rotatable bonds is 4. The van der Waals surface area contributed by atoms with Crippen LogP contribution in [-0.2, 0) is 4.79 Å². The molecule has 0 spiro atoms. The van der Waals surface area contributed by atoms with Crippen LogP contribution in [0.25, 0.3) is 5.13 Å². The van der Waals surface area contributed by atoms with Crippen molar-refractivity contribution in [2.24, 2.45) is 5.92 Å². The minimum atomic E-state index is 0.0711. The summed E-state index contributed by atoms with van der Waals surface area (Å²) in [5.41, 5.74) is 2.33. The first-order chi connectivity index (χ1) is 11.6. The Hall–Kier alpha value is -1.89. The molecule has 0 radical (unpaired) electrons. The van der Waals surface area contributed by atoms with Gasteiger partial charge < -0.3 is 10.2 Å². The Morgan fingerprint density at radius 2 is 1.88 bits per heavy atom. The van der Waals surface area contributed by atoms with Crippen LogP contribution >= 0.6 is 11.3 Å². The molecular formula is C17H23N5OS. The van der Waals surface area contributed by atoms with Crippen LogP contribution in [0.15, 0.2) is 12.1 Å². The van der Waals surface area contributed by atoms with E-state index in [1.54, 1.807) is 11.3 Å². The van der Waals surface area contributed by atoms with E-state index in [2.05, 4.69) is 51.0 Å². The van der Waals surface area contributed by atoms with Gasteiger partial charge in [0.25, 0.3) is 0 Å². The van der Waals surface area contributed by atoms with Crippen molar-refractivity contribution < 1.29 is 4.79 Å². The molecule has 1 aliphatic heterocycles. The number of hydrogen-bond acceptors (Lipinski definition) is 5. The van der Waals surface area contributed by atoms with Crippen molar-refractivity contribution in [2.75, 3.05) is 18.0 Å². The van der Waals surface area contributed by atoms with Crippen LogP contribution in [0.3, 0.4) is 0 Å². The standard InChI is InChI=1S/C17H23N5OS/c1-11-5-6-12(2)22(11)17-20-19-16(24-17)21-9-3-4-13(10-21)15(23)18-14-7-8-14/h5-6,13-14H,3-4,7-10H2,1-2H3,(H,18,23)/t13-/m0/s1. The van der Waals surface area contributed by atoms with Gasteiger partial charge in [0, 0.05) is 30.5 Å². The highest BCUT2D eigenvalue weighted by Gasteiger charge is 2.31. The molecular weight excluding hydrogens is 322 g/mol. The van der Waals surface area contributed by atoms with Crippen LogP contribution in [0.2, 0.25) is 0 Å². The van der Waals surface area contributed by atoms with E-state index in [9.17, 15) is 4.79 Å². The number of anilines is 1. The van der Waals surface area contributed by atoms with Crippen molar-refractivity contribution in [2.45, 2.75) is 45.6 Å². The highest BCUT2D eigenvalue weighted by Crippen LogP contribution is 2.30. The first kappa shape index (κ1) is 15.6. The fourth-order valence-electron chi connectivity index (χ4n) is 3.31. The van der Waals surface area contributed by atoms with Crippen LogP contribution in [0, 0.1) is 19.8 Å². The lowest BCUT2D eigenvalue weighted by atomic mass is 9.97. The number of amides is 1. The van der Waals surface area contributed by atoms with Gasteiger partial charge in [0.15, 0.2) is 0 Å². The molecule has 128 valence electrons. The van der Waals surface area contributed by atoms with Crippen molar-refractivity contribution in [1.82, 2.24) is 20.1 Å². The Kier molecular flexibility index (Phi) is 4.04. The third-order valence-electron chi connectivity index (χ3n) is 4.85. The fraction of sp³-hybridized carbons (Fsp3) is 0.588. The zero-order valence-corrected chi connectivity index (χ0v) is 15.0. The van der Waals surface area contributed by atoms with Crippen molar-refractivity contribution in [1.29, 1.82) is 0 Å². The van der Waals surface area contributed by atoms with E-state index in [0.717, 1.165) is 60.4 Å². The van der Waals surface area contributed by atoms with E-state index in [0.29, 0.717) is 6.04 Å². The summed E-state index contributed by atoms with van der Waals surface area (Å²) in [6, 6.07) is 4.62.